The Hall–Kier alpha value is -3.51. The average molecular weight is 579 g/mol. The molecule has 5 N–H and O–H groups in total. The summed E-state index contributed by atoms with van der Waals surface area (Å²) in [5.74, 6) is -3.09. The lowest BCUT2D eigenvalue weighted by Gasteiger charge is -2.35. The summed E-state index contributed by atoms with van der Waals surface area (Å²) >= 11 is 0. The Kier molecular flexibility index (Phi) is 12.3. The number of rotatable bonds is 14. The van der Waals surface area contributed by atoms with Gasteiger partial charge in [0.1, 0.15) is 24.2 Å². The van der Waals surface area contributed by atoms with Crippen molar-refractivity contribution in [3.63, 3.8) is 0 Å². The van der Waals surface area contributed by atoms with Crippen molar-refractivity contribution in [3.05, 3.63) is 0 Å². The van der Waals surface area contributed by atoms with Gasteiger partial charge in [-0.1, -0.05) is 27.7 Å². The van der Waals surface area contributed by atoms with Crippen LogP contribution in [0.3, 0.4) is 0 Å². The van der Waals surface area contributed by atoms with E-state index in [9.17, 15) is 33.6 Å². The van der Waals surface area contributed by atoms with E-state index in [1.165, 1.54) is 16.7 Å². The minimum Gasteiger partial charge on any atom is -0.370 e. The molecule has 0 aliphatic carbocycles. The number of likely N-dealkylation sites (N-methyl/N-ethyl adjacent to an activating group) is 1. The number of primary amides is 1. The van der Waals surface area contributed by atoms with E-state index in [0.717, 1.165) is 0 Å². The van der Waals surface area contributed by atoms with Gasteiger partial charge in [0.25, 0.3) is 0 Å². The first-order valence-electron chi connectivity index (χ1n) is 14.4. The maximum Gasteiger partial charge on any atom is 0.245 e. The number of carbonyl (C=O) groups is 7. The Morgan fingerprint density at radius 1 is 1.05 bits per heavy atom. The van der Waals surface area contributed by atoms with E-state index in [4.69, 9.17) is 5.73 Å². The highest BCUT2D eigenvalue weighted by Crippen LogP contribution is 2.23. The van der Waals surface area contributed by atoms with Crippen LogP contribution in [0.25, 0.3) is 0 Å². The molecule has 2 heterocycles. The Bertz CT molecular complexity index is 1030. The molecule has 2 aliphatic heterocycles. The first-order valence-corrected chi connectivity index (χ1v) is 14.4. The summed E-state index contributed by atoms with van der Waals surface area (Å²) < 4.78 is 0. The summed E-state index contributed by atoms with van der Waals surface area (Å²) in [4.78, 5) is 91.4. The Labute approximate surface area is 241 Å². The van der Waals surface area contributed by atoms with Gasteiger partial charge in [-0.05, 0) is 44.9 Å². The van der Waals surface area contributed by atoms with Crippen LogP contribution in [0.1, 0.15) is 79.6 Å². The van der Waals surface area contributed by atoms with Gasteiger partial charge in [0.2, 0.25) is 35.4 Å². The first-order chi connectivity index (χ1) is 19.1. The van der Waals surface area contributed by atoms with Crippen molar-refractivity contribution in [2.24, 2.45) is 17.6 Å². The summed E-state index contributed by atoms with van der Waals surface area (Å²) in [7, 11) is 1.60. The highest BCUT2D eigenvalue weighted by molar-refractivity contribution is 5.97. The van der Waals surface area contributed by atoms with Gasteiger partial charge in [-0.25, -0.2) is 0 Å². The summed E-state index contributed by atoms with van der Waals surface area (Å²) in [6.07, 6.45) is 1.73. The average Bonchev–Trinajstić information content (AvgIpc) is 3.56. The molecule has 1 unspecified atom stereocenters. The van der Waals surface area contributed by atoms with Crippen LogP contribution in [-0.4, -0.2) is 94.8 Å². The molecule has 2 aliphatic rings. The van der Waals surface area contributed by atoms with Gasteiger partial charge < -0.3 is 31.5 Å². The second-order valence-electron chi connectivity index (χ2n) is 11.8. The molecule has 0 radical (unpaired) electrons. The third-order valence-corrected chi connectivity index (χ3v) is 7.58. The van der Waals surface area contributed by atoms with Crippen LogP contribution in [0.2, 0.25) is 0 Å². The van der Waals surface area contributed by atoms with E-state index >= 15 is 0 Å². The molecule has 230 valence electrons. The van der Waals surface area contributed by atoms with Gasteiger partial charge in [0, 0.05) is 32.4 Å². The van der Waals surface area contributed by atoms with Crippen LogP contribution in [-0.2, 0) is 33.6 Å². The van der Waals surface area contributed by atoms with Crippen LogP contribution in [0.15, 0.2) is 0 Å². The fourth-order valence-corrected chi connectivity index (χ4v) is 5.24. The van der Waals surface area contributed by atoms with E-state index in [-0.39, 0.29) is 55.1 Å². The molecular formula is C28H46N6O7. The van der Waals surface area contributed by atoms with Crippen LogP contribution in [0.5, 0.6) is 0 Å². The van der Waals surface area contributed by atoms with Gasteiger partial charge in [-0.3, -0.25) is 33.6 Å². The number of carbonyl (C=O) groups excluding carboxylic acids is 7. The van der Waals surface area contributed by atoms with E-state index in [1.54, 1.807) is 20.9 Å². The first kappa shape index (κ1) is 33.7. The molecule has 0 bridgehead atoms. The van der Waals surface area contributed by atoms with Gasteiger partial charge >= 0.3 is 0 Å². The van der Waals surface area contributed by atoms with Crippen molar-refractivity contribution < 1.29 is 33.6 Å². The van der Waals surface area contributed by atoms with Crippen molar-refractivity contribution >= 4 is 41.2 Å². The lowest BCUT2D eigenvalue weighted by atomic mass is 9.92. The topological polar surface area (TPSA) is 188 Å². The fourth-order valence-electron chi connectivity index (χ4n) is 5.24. The zero-order valence-corrected chi connectivity index (χ0v) is 25.0. The van der Waals surface area contributed by atoms with E-state index in [2.05, 4.69) is 16.0 Å². The monoisotopic (exact) mass is 578 g/mol. The zero-order chi connectivity index (χ0) is 31.0. The number of likely N-dealkylation sites (tertiary alicyclic amines) is 1. The van der Waals surface area contributed by atoms with Gasteiger partial charge in [-0.15, -0.1) is 0 Å². The van der Waals surface area contributed by atoms with E-state index in [1.807, 2.05) is 13.8 Å². The number of ketones is 1. The van der Waals surface area contributed by atoms with Crippen molar-refractivity contribution in [1.29, 1.82) is 0 Å². The summed E-state index contributed by atoms with van der Waals surface area (Å²) in [5, 5.41) is 7.66. The molecule has 5 atom stereocenters. The maximum atomic E-state index is 13.6. The van der Waals surface area contributed by atoms with Crippen molar-refractivity contribution in [2.45, 2.75) is 110 Å². The van der Waals surface area contributed by atoms with E-state index < -0.39 is 53.8 Å². The molecule has 2 fully saturated rings. The molecule has 0 spiro atoms. The number of nitrogens with two attached hydrogens (primary N) is 1. The molecule has 0 aromatic carbocycles. The quantitative estimate of drug-likeness (QED) is 0.216. The maximum absolute atomic E-state index is 13.6. The molecule has 0 aromatic heterocycles. The second kappa shape index (κ2) is 14.9. The number of Topliss-reactive ketones (excluding diaryl/α,β-unsaturated/α-hetero) is 1. The Morgan fingerprint density at radius 2 is 1.71 bits per heavy atom. The Balaban J connectivity index is 2.11. The molecule has 13 heteroatoms. The predicted molar refractivity (Wildman–Crippen MR) is 150 cm³/mol. The SMILES string of the molecule is CC(C)C[C@@H](C(=O)C(C)C)N(C)C(=O)[C@@H]1CCCN1C(=O)[C@H](C)NC(=O)[C@H](CCC(N)=O)NC(=O)C1CCC(=O)N1. The third kappa shape index (κ3) is 9.25. The molecule has 2 rings (SSSR count). The molecular weight excluding hydrogens is 532 g/mol. The molecule has 6 amide bonds. The number of nitrogens with zero attached hydrogens (tertiary/aromatic N) is 2. The highest BCUT2D eigenvalue weighted by atomic mass is 16.2. The zero-order valence-electron chi connectivity index (χ0n) is 25.0. The van der Waals surface area contributed by atoms with Crippen molar-refractivity contribution in [2.75, 3.05) is 13.6 Å². The van der Waals surface area contributed by atoms with Crippen molar-refractivity contribution in [1.82, 2.24) is 25.8 Å². The molecule has 13 nitrogen and oxygen atoms in total. The molecule has 2 saturated heterocycles. The van der Waals surface area contributed by atoms with Crippen LogP contribution >= 0.6 is 0 Å². The van der Waals surface area contributed by atoms with Crippen LogP contribution in [0.4, 0.5) is 0 Å². The standard InChI is InChI=1S/C28H46N6O7/c1-15(2)14-21(24(37)16(3)4)33(6)28(41)20-8-7-13-34(20)27(40)17(5)30-25(38)19(9-11-22(29)35)32-26(39)18-10-12-23(36)31-18/h15-21H,7-14H2,1-6H3,(H2,29,35)(H,30,38)(H,31,36)(H,32,39)/t17-,18?,19-,20-,21-/m0/s1. The van der Waals surface area contributed by atoms with Crippen LogP contribution < -0.4 is 21.7 Å². The predicted octanol–water partition coefficient (Wildman–Crippen LogP) is -0.391. The molecule has 0 aromatic rings. The largest absolute Gasteiger partial charge is 0.370 e. The molecule has 41 heavy (non-hydrogen) atoms. The third-order valence-electron chi connectivity index (χ3n) is 7.58. The lowest BCUT2D eigenvalue weighted by molar-refractivity contribution is -0.148. The van der Waals surface area contributed by atoms with Gasteiger partial charge in [0.05, 0.1) is 6.04 Å². The minimum atomic E-state index is -1.16. The minimum absolute atomic E-state index is 0.0349. The number of amides is 6. The van der Waals surface area contributed by atoms with Gasteiger partial charge in [-0.2, -0.15) is 0 Å². The van der Waals surface area contributed by atoms with Gasteiger partial charge in [0.15, 0.2) is 5.78 Å². The highest BCUT2D eigenvalue weighted by Gasteiger charge is 2.41. The second-order valence-corrected chi connectivity index (χ2v) is 11.8. The number of nitrogens with one attached hydrogen (secondary N) is 3. The van der Waals surface area contributed by atoms with Crippen molar-refractivity contribution in [3.8, 4) is 0 Å². The Morgan fingerprint density at radius 3 is 2.24 bits per heavy atom. The summed E-state index contributed by atoms with van der Waals surface area (Å²) in [6.45, 7) is 9.37. The fraction of sp³-hybridized carbons (Fsp3) is 0.750. The lowest BCUT2D eigenvalue weighted by Crippen LogP contribution is -2.58. The van der Waals surface area contributed by atoms with Crippen LogP contribution in [0, 0.1) is 11.8 Å². The van der Waals surface area contributed by atoms with E-state index in [0.29, 0.717) is 25.8 Å². The normalized spacial score (nSPS) is 20.8. The number of hydrogen-bond acceptors (Lipinski definition) is 7. The summed E-state index contributed by atoms with van der Waals surface area (Å²) in [6, 6.07) is -4.36. The molecule has 0 saturated carbocycles. The summed E-state index contributed by atoms with van der Waals surface area (Å²) in [5.41, 5.74) is 5.24. The number of hydrogen-bond donors (Lipinski definition) is 4. The smallest absolute Gasteiger partial charge is 0.245 e.